The molecule has 4 aromatic rings. The zero-order chi connectivity index (χ0) is 22.3. The maximum absolute atomic E-state index is 12.2. The van der Waals surface area contributed by atoms with E-state index in [1.54, 1.807) is 6.33 Å². The summed E-state index contributed by atoms with van der Waals surface area (Å²) >= 11 is 0. The highest BCUT2D eigenvalue weighted by atomic mass is 28.3. The van der Waals surface area contributed by atoms with Gasteiger partial charge in [0.2, 0.25) is 5.91 Å². The summed E-state index contributed by atoms with van der Waals surface area (Å²) in [6, 6.07) is 11.3. The van der Waals surface area contributed by atoms with Gasteiger partial charge in [-0.1, -0.05) is 25.7 Å². The predicted octanol–water partition coefficient (Wildman–Crippen LogP) is 5.24. The SMILES string of the molecule is C[Si](C)(C)CCOCn1cc(-c2ccc3[nH]cnc3c2)c2ccc(NC(=O)C3CC3)nc21. The number of amides is 1. The van der Waals surface area contributed by atoms with Crippen LogP contribution in [0.5, 0.6) is 0 Å². The molecule has 2 N–H and O–H groups in total. The Morgan fingerprint density at radius 1 is 1.25 bits per heavy atom. The quantitative estimate of drug-likeness (QED) is 0.286. The van der Waals surface area contributed by atoms with Gasteiger partial charge in [-0.3, -0.25) is 4.79 Å². The molecule has 0 aliphatic heterocycles. The monoisotopic (exact) mass is 447 g/mol. The summed E-state index contributed by atoms with van der Waals surface area (Å²) in [6.07, 6.45) is 5.73. The van der Waals surface area contributed by atoms with Gasteiger partial charge in [-0.2, -0.15) is 0 Å². The Balaban J connectivity index is 1.48. The number of aromatic amines is 1. The molecular weight excluding hydrogens is 418 g/mol. The van der Waals surface area contributed by atoms with E-state index in [9.17, 15) is 4.79 Å². The first-order chi connectivity index (χ1) is 15.4. The fraction of sp³-hybridized carbons (Fsp3) is 0.375. The second kappa shape index (κ2) is 8.18. The maximum atomic E-state index is 12.2. The zero-order valence-corrected chi connectivity index (χ0v) is 19.8. The molecule has 1 fully saturated rings. The summed E-state index contributed by atoms with van der Waals surface area (Å²) in [4.78, 5) is 24.6. The highest BCUT2D eigenvalue weighted by Gasteiger charge is 2.30. The first-order valence-corrected chi connectivity index (χ1v) is 14.9. The van der Waals surface area contributed by atoms with Crippen molar-refractivity contribution in [3.8, 4) is 11.1 Å². The Hall–Kier alpha value is -2.97. The van der Waals surface area contributed by atoms with E-state index < -0.39 is 8.07 Å². The summed E-state index contributed by atoms with van der Waals surface area (Å²) in [5, 5.41) is 3.99. The van der Waals surface area contributed by atoms with Crippen molar-refractivity contribution < 1.29 is 9.53 Å². The van der Waals surface area contributed by atoms with Crippen LogP contribution < -0.4 is 5.32 Å². The average Bonchev–Trinajstić information content (AvgIpc) is 3.40. The van der Waals surface area contributed by atoms with Crippen LogP contribution in [0, 0.1) is 5.92 Å². The van der Waals surface area contributed by atoms with Gasteiger partial charge in [-0.15, -0.1) is 0 Å². The number of hydrogen-bond acceptors (Lipinski definition) is 4. The number of nitrogens with one attached hydrogen (secondary N) is 2. The number of fused-ring (bicyclic) bond motifs is 2. The van der Waals surface area contributed by atoms with Crippen molar-refractivity contribution in [3.05, 3.63) is 42.9 Å². The summed E-state index contributed by atoms with van der Waals surface area (Å²) < 4.78 is 8.07. The van der Waals surface area contributed by atoms with Gasteiger partial charge in [0.15, 0.2) is 0 Å². The fourth-order valence-corrected chi connectivity index (χ4v) is 4.53. The van der Waals surface area contributed by atoms with Crippen LogP contribution >= 0.6 is 0 Å². The van der Waals surface area contributed by atoms with Gasteiger partial charge in [0.1, 0.15) is 18.2 Å². The number of aromatic nitrogens is 4. The summed E-state index contributed by atoms with van der Waals surface area (Å²) in [5.74, 6) is 0.788. The molecule has 7 nitrogen and oxygen atoms in total. The molecule has 1 aromatic carbocycles. The Bertz CT molecular complexity index is 1280. The third kappa shape index (κ3) is 4.47. The van der Waals surface area contributed by atoms with Gasteiger partial charge >= 0.3 is 0 Å². The number of nitrogens with zero attached hydrogens (tertiary/aromatic N) is 3. The van der Waals surface area contributed by atoms with E-state index in [2.05, 4.69) is 53.3 Å². The molecule has 0 saturated heterocycles. The van der Waals surface area contributed by atoms with E-state index in [4.69, 9.17) is 9.72 Å². The van der Waals surface area contributed by atoms with Crippen molar-refractivity contribution in [1.29, 1.82) is 0 Å². The molecule has 1 aliphatic rings. The lowest BCUT2D eigenvalue weighted by atomic mass is 10.1. The minimum Gasteiger partial charge on any atom is -0.361 e. The Morgan fingerprint density at radius 3 is 2.88 bits per heavy atom. The molecule has 1 amide bonds. The number of carbonyl (C=O) groups is 1. The molecule has 0 spiro atoms. The lowest BCUT2D eigenvalue weighted by Crippen LogP contribution is -2.22. The Morgan fingerprint density at radius 2 is 2.09 bits per heavy atom. The van der Waals surface area contributed by atoms with Crippen LogP contribution in [-0.4, -0.2) is 40.1 Å². The molecule has 0 bridgehead atoms. The van der Waals surface area contributed by atoms with Gasteiger partial charge in [0, 0.05) is 37.7 Å². The van der Waals surface area contributed by atoms with Crippen LogP contribution in [0.2, 0.25) is 25.7 Å². The molecule has 32 heavy (non-hydrogen) atoms. The zero-order valence-electron chi connectivity index (χ0n) is 18.8. The molecule has 1 aliphatic carbocycles. The minimum atomic E-state index is -1.16. The normalized spacial score (nSPS) is 14.3. The molecule has 8 heteroatoms. The molecular formula is C24H29N5O2Si. The molecule has 0 unspecified atom stereocenters. The van der Waals surface area contributed by atoms with Gasteiger partial charge in [0.25, 0.3) is 0 Å². The second-order valence-electron chi connectivity index (χ2n) is 9.83. The maximum Gasteiger partial charge on any atom is 0.228 e. The highest BCUT2D eigenvalue weighted by Crippen LogP contribution is 2.33. The summed E-state index contributed by atoms with van der Waals surface area (Å²) in [7, 11) is -1.16. The molecule has 3 aromatic heterocycles. The molecule has 1 saturated carbocycles. The fourth-order valence-electron chi connectivity index (χ4n) is 3.78. The first-order valence-electron chi connectivity index (χ1n) is 11.2. The van der Waals surface area contributed by atoms with Gasteiger partial charge in [-0.05, 0) is 48.7 Å². The van der Waals surface area contributed by atoms with Crippen molar-refractivity contribution in [1.82, 2.24) is 19.5 Å². The number of H-pyrrole nitrogens is 1. The van der Waals surface area contributed by atoms with Crippen molar-refractivity contribution in [2.24, 2.45) is 5.92 Å². The van der Waals surface area contributed by atoms with E-state index in [0.29, 0.717) is 12.5 Å². The second-order valence-corrected chi connectivity index (χ2v) is 15.4. The van der Waals surface area contributed by atoms with Crippen LogP contribution in [0.25, 0.3) is 33.2 Å². The van der Waals surface area contributed by atoms with Crippen molar-refractivity contribution >= 4 is 41.9 Å². The van der Waals surface area contributed by atoms with Gasteiger partial charge in [-0.25, -0.2) is 9.97 Å². The largest absolute Gasteiger partial charge is 0.361 e. The number of benzene rings is 1. The topological polar surface area (TPSA) is 84.8 Å². The van der Waals surface area contributed by atoms with Crippen LogP contribution in [0.1, 0.15) is 12.8 Å². The van der Waals surface area contributed by atoms with Crippen LogP contribution in [0.15, 0.2) is 42.9 Å². The highest BCUT2D eigenvalue weighted by molar-refractivity contribution is 6.76. The number of rotatable bonds is 8. The summed E-state index contributed by atoms with van der Waals surface area (Å²) in [5.41, 5.74) is 4.90. The molecule has 166 valence electrons. The standard InChI is InChI=1S/C24H29N5O2Si/c1-32(2,3)11-10-31-15-29-13-19(17-6-8-20-21(12-17)26-14-25-20)18-7-9-22(27-23(18)29)28-24(30)16-4-5-16/h6-9,12-14,16H,4-5,10-11,15H2,1-3H3,(H,25,26)(H,27,28,30). The Labute approximate surface area is 188 Å². The van der Waals surface area contributed by atoms with Crippen LogP contribution in [0.3, 0.4) is 0 Å². The number of carbonyl (C=O) groups excluding carboxylic acids is 1. The summed E-state index contributed by atoms with van der Waals surface area (Å²) in [6.45, 7) is 8.21. The van der Waals surface area contributed by atoms with Crippen molar-refractivity contribution in [2.75, 3.05) is 11.9 Å². The van der Waals surface area contributed by atoms with Crippen LogP contribution in [0.4, 0.5) is 5.82 Å². The van der Waals surface area contributed by atoms with E-state index in [-0.39, 0.29) is 11.8 Å². The Kier molecular flexibility index (Phi) is 5.34. The first kappa shape index (κ1) is 20.9. The van der Waals surface area contributed by atoms with Crippen LogP contribution in [-0.2, 0) is 16.3 Å². The van der Waals surface area contributed by atoms with Crippen molar-refractivity contribution in [3.63, 3.8) is 0 Å². The lowest BCUT2D eigenvalue weighted by Gasteiger charge is -2.15. The molecule has 0 radical (unpaired) electrons. The van der Waals surface area contributed by atoms with E-state index in [1.807, 2.05) is 22.8 Å². The molecule has 0 atom stereocenters. The van der Waals surface area contributed by atoms with Gasteiger partial charge in [0.05, 0.1) is 17.4 Å². The van der Waals surface area contributed by atoms with E-state index in [0.717, 1.165) is 58.7 Å². The average molecular weight is 448 g/mol. The predicted molar refractivity (Wildman–Crippen MR) is 130 cm³/mol. The number of imidazole rings is 1. The van der Waals surface area contributed by atoms with Gasteiger partial charge < -0.3 is 19.6 Å². The number of hydrogen-bond donors (Lipinski definition) is 2. The van der Waals surface area contributed by atoms with E-state index in [1.165, 1.54) is 0 Å². The number of ether oxygens (including phenoxy) is 1. The molecule has 3 heterocycles. The molecule has 5 rings (SSSR count). The van der Waals surface area contributed by atoms with Crippen molar-refractivity contribution in [2.45, 2.75) is 45.3 Å². The van der Waals surface area contributed by atoms with E-state index >= 15 is 0 Å². The number of anilines is 1. The number of pyridine rings is 1. The third-order valence-electron chi connectivity index (χ3n) is 5.88. The minimum absolute atomic E-state index is 0.0607. The lowest BCUT2D eigenvalue weighted by molar-refractivity contribution is -0.117. The smallest absolute Gasteiger partial charge is 0.228 e. The third-order valence-corrected chi connectivity index (χ3v) is 7.59.